The highest BCUT2D eigenvalue weighted by Gasteiger charge is 2.19. The zero-order valence-electron chi connectivity index (χ0n) is 11.6. The van der Waals surface area contributed by atoms with Gasteiger partial charge in [-0.3, -0.25) is 9.00 Å². The first-order valence-electron chi connectivity index (χ1n) is 7.33. The molecule has 0 aromatic heterocycles. The molecule has 1 aromatic carbocycles. The Balaban J connectivity index is 1.73. The Morgan fingerprint density at radius 1 is 1.15 bits per heavy atom. The number of carbonyl (C=O) groups excluding carboxylic acids is 1. The fourth-order valence-electron chi connectivity index (χ4n) is 2.65. The van der Waals surface area contributed by atoms with Crippen LogP contribution in [0.15, 0.2) is 24.3 Å². The number of hydrogen-bond acceptors (Lipinski definition) is 2. The van der Waals surface area contributed by atoms with Crippen LogP contribution < -0.4 is 0 Å². The van der Waals surface area contributed by atoms with Gasteiger partial charge in [-0.15, -0.1) is 0 Å². The van der Waals surface area contributed by atoms with E-state index in [1.807, 2.05) is 0 Å². The minimum atomic E-state index is -0.795. The molecule has 0 aliphatic heterocycles. The van der Waals surface area contributed by atoms with Crippen LogP contribution in [0.25, 0.3) is 0 Å². The standard InChI is InChI=1S/C16H21FO2S/c17-14-10-8-13(9-11-14)16(18)7-4-12-20(19)15-5-2-1-3-6-15/h8-11,15H,1-7,12H2. The highest BCUT2D eigenvalue weighted by Crippen LogP contribution is 2.22. The molecular formula is C16H21FO2S. The average Bonchev–Trinajstić information content (AvgIpc) is 2.48. The number of Topliss-reactive ketones (excluding diaryl/α,β-unsaturated/α-hetero) is 1. The van der Waals surface area contributed by atoms with Crippen molar-refractivity contribution >= 4 is 16.6 Å². The van der Waals surface area contributed by atoms with Gasteiger partial charge in [-0.25, -0.2) is 4.39 Å². The lowest BCUT2D eigenvalue weighted by Crippen LogP contribution is -2.21. The molecule has 0 N–H and O–H groups in total. The lowest BCUT2D eigenvalue weighted by atomic mass is 10.0. The second-order valence-corrected chi connectivity index (χ2v) is 7.21. The minimum Gasteiger partial charge on any atom is -0.294 e. The molecule has 4 heteroatoms. The van der Waals surface area contributed by atoms with Crippen molar-refractivity contribution in [1.82, 2.24) is 0 Å². The molecule has 20 heavy (non-hydrogen) atoms. The fraction of sp³-hybridized carbons (Fsp3) is 0.562. The van der Waals surface area contributed by atoms with E-state index in [0.717, 1.165) is 12.8 Å². The minimum absolute atomic E-state index is 0.00523. The average molecular weight is 296 g/mol. The van der Waals surface area contributed by atoms with Gasteiger partial charge in [0.2, 0.25) is 0 Å². The SMILES string of the molecule is O=C(CCCS(=O)C1CCCCC1)c1ccc(F)cc1. The Morgan fingerprint density at radius 2 is 1.80 bits per heavy atom. The highest BCUT2D eigenvalue weighted by atomic mass is 32.2. The first-order chi connectivity index (χ1) is 9.66. The molecule has 2 nitrogen and oxygen atoms in total. The summed E-state index contributed by atoms with van der Waals surface area (Å²) in [6, 6.07) is 5.62. The van der Waals surface area contributed by atoms with Gasteiger partial charge in [-0.05, 0) is 43.5 Å². The third-order valence-electron chi connectivity index (χ3n) is 3.84. The van der Waals surface area contributed by atoms with Crippen molar-refractivity contribution in [3.05, 3.63) is 35.6 Å². The zero-order chi connectivity index (χ0) is 14.4. The molecule has 2 rings (SSSR count). The van der Waals surface area contributed by atoms with E-state index in [1.165, 1.54) is 43.5 Å². The number of ketones is 1. The summed E-state index contributed by atoms with van der Waals surface area (Å²) in [7, 11) is -0.795. The summed E-state index contributed by atoms with van der Waals surface area (Å²) in [5.41, 5.74) is 0.537. The van der Waals surface area contributed by atoms with Gasteiger partial charge in [0.1, 0.15) is 5.82 Å². The molecule has 1 aliphatic carbocycles. The van der Waals surface area contributed by atoms with Crippen LogP contribution in [0.5, 0.6) is 0 Å². The number of halogens is 1. The third-order valence-corrected chi connectivity index (χ3v) is 5.75. The molecular weight excluding hydrogens is 275 g/mol. The second kappa shape index (κ2) is 7.67. The smallest absolute Gasteiger partial charge is 0.162 e. The highest BCUT2D eigenvalue weighted by molar-refractivity contribution is 7.85. The number of rotatable bonds is 6. The van der Waals surface area contributed by atoms with Crippen LogP contribution in [-0.4, -0.2) is 21.0 Å². The zero-order valence-corrected chi connectivity index (χ0v) is 12.5. The second-order valence-electron chi connectivity index (χ2n) is 5.38. The molecule has 0 heterocycles. The molecule has 0 amide bonds. The van der Waals surface area contributed by atoms with Crippen LogP contribution >= 0.6 is 0 Å². The van der Waals surface area contributed by atoms with Crippen LogP contribution in [0, 0.1) is 5.82 Å². The van der Waals surface area contributed by atoms with Crippen LogP contribution in [0.2, 0.25) is 0 Å². The molecule has 0 saturated heterocycles. The van der Waals surface area contributed by atoms with Crippen LogP contribution in [0.4, 0.5) is 4.39 Å². The topological polar surface area (TPSA) is 34.1 Å². The maximum absolute atomic E-state index is 12.8. The summed E-state index contributed by atoms with van der Waals surface area (Å²) in [6.07, 6.45) is 6.81. The number of benzene rings is 1. The van der Waals surface area contributed by atoms with Gasteiger partial charge in [0.25, 0.3) is 0 Å². The van der Waals surface area contributed by atoms with Crippen molar-refractivity contribution in [1.29, 1.82) is 0 Å². The van der Waals surface area contributed by atoms with Gasteiger partial charge >= 0.3 is 0 Å². The molecule has 1 saturated carbocycles. The molecule has 110 valence electrons. The van der Waals surface area contributed by atoms with Gasteiger partial charge in [-0.1, -0.05) is 19.3 Å². The van der Waals surface area contributed by atoms with Crippen LogP contribution in [0.3, 0.4) is 0 Å². The number of carbonyl (C=O) groups is 1. The van der Waals surface area contributed by atoms with E-state index < -0.39 is 10.8 Å². The molecule has 1 unspecified atom stereocenters. The predicted octanol–water partition coefficient (Wildman–Crippen LogP) is 3.87. The molecule has 0 spiro atoms. The number of hydrogen-bond donors (Lipinski definition) is 0. The summed E-state index contributed by atoms with van der Waals surface area (Å²) in [5, 5.41) is 0.338. The van der Waals surface area contributed by atoms with E-state index in [0.29, 0.717) is 29.4 Å². The van der Waals surface area contributed by atoms with Crippen LogP contribution in [0.1, 0.15) is 55.3 Å². The van der Waals surface area contributed by atoms with E-state index in [9.17, 15) is 13.4 Å². The quantitative estimate of drug-likeness (QED) is 0.747. The van der Waals surface area contributed by atoms with E-state index >= 15 is 0 Å². The molecule has 0 radical (unpaired) electrons. The summed E-state index contributed by atoms with van der Waals surface area (Å²) >= 11 is 0. The molecule has 1 fully saturated rings. The molecule has 0 bridgehead atoms. The first kappa shape index (κ1) is 15.4. The van der Waals surface area contributed by atoms with Gasteiger partial charge in [0, 0.05) is 33.8 Å². The molecule has 1 atom stereocenters. The lowest BCUT2D eigenvalue weighted by molar-refractivity contribution is 0.0982. The van der Waals surface area contributed by atoms with E-state index in [1.54, 1.807) is 0 Å². The Labute approximate surface area is 122 Å². The molecule has 1 aromatic rings. The van der Waals surface area contributed by atoms with Crippen molar-refractivity contribution < 1.29 is 13.4 Å². The van der Waals surface area contributed by atoms with E-state index in [-0.39, 0.29) is 11.6 Å². The lowest BCUT2D eigenvalue weighted by Gasteiger charge is -2.20. The predicted molar refractivity (Wildman–Crippen MR) is 79.8 cm³/mol. The first-order valence-corrected chi connectivity index (χ1v) is 8.71. The van der Waals surface area contributed by atoms with Gasteiger partial charge in [-0.2, -0.15) is 0 Å². The summed E-state index contributed by atoms with van der Waals surface area (Å²) in [6.45, 7) is 0. The molecule has 1 aliphatic rings. The maximum Gasteiger partial charge on any atom is 0.162 e. The van der Waals surface area contributed by atoms with Crippen molar-refractivity contribution in [2.75, 3.05) is 5.75 Å². The summed E-state index contributed by atoms with van der Waals surface area (Å²) < 4.78 is 24.9. The van der Waals surface area contributed by atoms with Crippen molar-refractivity contribution in [2.24, 2.45) is 0 Å². The summed E-state index contributed by atoms with van der Waals surface area (Å²) in [5.74, 6) is 0.281. The Hall–Kier alpha value is -1.03. The van der Waals surface area contributed by atoms with Crippen molar-refractivity contribution in [2.45, 2.75) is 50.2 Å². The van der Waals surface area contributed by atoms with Crippen molar-refractivity contribution in [3.8, 4) is 0 Å². The Kier molecular flexibility index (Phi) is 5.89. The van der Waals surface area contributed by atoms with Crippen molar-refractivity contribution in [3.63, 3.8) is 0 Å². The monoisotopic (exact) mass is 296 g/mol. The largest absolute Gasteiger partial charge is 0.294 e. The summed E-state index contributed by atoms with van der Waals surface area (Å²) in [4.78, 5) is 11.9. The third kappa shape index (κ3) is 4.51. The van der Waals surface area contributed by atoms with Crippen LogP contribution in [-0.2, 0) is 10.8 Å². The fourth-order valence-corrected chi connectivity index (χ4v) is 4.27. The van der Waals surface area contributed by atoms with Gasteiger partial charge < -0.3 is 0 Å². The van der Waals surface area contributed by atoms with E-state index in [2.05, 4.69) is 0 Å². The van der Waals surface area contributed by atoms with Gasteiger partial charge in [0.15, 0.2) is 5.78 Å². The Morgan fingerprint density at radius 3 is 2.45 bits per heavy atom. The normalized spacial score (nSPS) is 17.9. The van der Waals surface area contributed by atoms with Gasteiger partial charge in [0.05, 0.1) is 0 Å². The van der Waals surface area contributed by atoms with E-state index in [4.69, 9.17) is 0 Å². The Bertz CT molecular complexity index is 464. The maximum atomic E-state index is 12.8.